The van der Waals surface area contributed by atoms with E-state index in [4.69, 9.17) is 0 Å². The molecule has 0 N–H and O–H groups in total. The Morgan fingerprint density at radius 3 is 1.00 bits per heavy atom. The van der Waals surface area contributed by atoms with Crippen LogP contribution in [0.25, 0.3) is 0 Å². The molecule has 0 aromatic rings. The van der Waals surface area contributed by atoms with E-state index in [2.05, 4.69) is 0 Å². The van der Waals surface area contributed by atoms with Gasteiger partial charge in [-0.05, 0) is 0 Å². The van der Waals surface area contributed by atoms with Gasteiger partial charge in [0.05, 0.1) is 0 Å². The zero-order chi connectivity index (χ0) is 0. The van der Waals surface area contributed by atoms with Crippen LogP contribution < -0.4 is 0 Å². The topological polar surface area (TPSA) is 0 Å². The third kappa shape index (κ3) is 9.54. The van der Waals surface area contributed by atoms with Gasteiger partial charge < -0.3 is 0 Å². The third-order valence-corrected chi connectivity index (χ3v) is 0. The summed E-state index contributed by atoms with van der Waals surface area (Å²) >= 11 is 0. The van der Waals surface area contributed by atoms with E-state index < -0.39 is 0 Å². The summed E-state index contributed by atoms with van der Waals surface area (Å²) in [5, 5.41) is 0. The summed E-state index contributed by atoms with van der Waals surface area (Å²) in [6.07, 6.45) is 0. The molecule has 0 heterocycles. The van der Waals surface area contributed by atoms with E-state index in [1.54, 1.807) is 0 Å². The summed E-state index contributed by atoms with van der Waals surface area (Å²) < 4.78 is 0. The minimum absolute atomic E-state index is 0. The quantitative estimate of drug-likeness (QED) is 0.397. The van der Waals surface area contributed by atoms with Crippen LogP contribution in [-0.4, -0.2) is 48.9 Å². The summed E-state index contributed by atoms with van der Waals surface area (Å²) in [7, 11) is 0. The molecule has 0 amide bonds. The van der Waals surface area contributed by atoms with Crippen LogP contribution in [0.3, 0.4) is 0 Å². The van der Waals surface area contributed by atoms with E-state index in [9.17, 15) is 0 Å². The average molecular weight is 501 g/mol. The standard InChI is InChI=1S/Ba.W.Y.Zr. The molecule has 15 valence electrons. The van der Waals surface area contributed by atoms with Crippen LogP contribution in [0.15, 0.2) is 0 Å². The maximum Gasteiger partial charge on any atom is 0 e. The molecule has 0 saturated carbocycles. The van der Waals surface area contributed by atoms with Crippen molar-refractivity contribution in [1.82, 2.24) is 0 Å². The Hall–Kier alpha value is 4.25. The Balaban J connectivity index is 0. The predicted molar refractivity (Wildman–Crippen MR) is 5.75 cm³/mol. The van der Waals surface area contributed by atoms with Gasteiger partial charge in [0.25, 0.3) is 0 Å². The second-order valence-electron chi connectivity index (χ2n) is 0. The maximum atomic E-state index is 0. The second-order valence-corrected chi connectivity index (χ2v) is 0. The molecule has 0 aliphatic heterocycles. The molecule has 0 bridgehead atoms. The minimum Gasteiger partial charge on any atom is 0 e. The molecule has 0 nitrogen and oxygen atoms in total. The molecule has 4 heteroatoms. The smallest absolute Gasteiger partial charge is 0 e. The van der Waals surface area contributed by atoms with E-state index >= 15 is 0 Å². The van der Waals surface area contributed by atoms with Gasteiger partial charge in [0.15, 0.2) is 0 Å². The van der Waals surface area contributed by atoms with Crippen LogP contribution in [0.1, 0.15) is 0 Å². The zero-order valence-corrected chi connectivity index (χ0v) is 14.9. The molecule has 0 aromatic carbocycles. The van der Waals surface area contributed by atoms with Crippen LogP contribution in [0, 0.1) is 0 Å². The SMILES string of the molecule is [Ba].[W].[Y].[Zr]. The molecule has 0 spiro atoms. The van der Waals surface area contributed by atoms with Crippen molar-refractivity contribution in [1.29, 1.82) is 0 Å². The van der Waals surface area contributed by atoms with Crippen LogP contribution in [0.5, 0.6) is 0 Å². The molecule has 0 aliphatic rings. The van der Waals surface area contributed by atoms with E-state index in [0.717, 1.165) is 0 Å². The normalized spacial score (nSPS) is 0. The molecule has 4 heavy (non-hydrogen) atoms. The van der Waals surface area contributed by atoms with Crippen molar-refractivity contribution in [2.75, 3.05) is 0 Å². The molecule has 3 radical (unpaired) electrons. The molecule has 0 fully saturated rings. The summed E-state index contributed by atoms with van der Waals surface area (Å²) in [5.74, 6) is 0. The van der Waals surface area contributed by atoms with Crippen molar-refractivity contribution in [2.45, 2.75) is 0 Å². The van der Waals surface area contributed by atoms with Crippen LogP contribution >= 0.6 is 0 Å². The third-order valence-electron chi connectivity index (χ3n) is 0. The van der Waals surface area contributed by atoms with E-state index in [-0.39, 0.29) is 129 Å². The first-order valence-electron chi connectivity index (χ1n) is 0. The molecular weight excluding hydrogens is 501 g/mol. The van der Waals surface area contributed by atoms with Crippen LogP contribution in [0.4, 0.5) is 0 Å². The van der Waals surface area contributed by atoms with Gasteiger partial charge >= 0.3 is 0 Å². The van der Waals surface area contributed by atoms with Gasteiger partial charge in [0.2, 0.25) is 0 Å². The van der Waals surface area contributed by atoms with Gasteiger partial charge in [-0.2, -0.15) is 0 Å². The van der Waals surface area contributed by atoms with Gasteiger partial charge in [-0.25, -0.2) is 0 Å². The van der Waals surface area contributed by atoms with E-state index in [0.29, 0.717) is 0 Å². The Morgan fingerprint density at radius 1 is 1.00 bits per heavy atom. The van der Waals surface area contributed by atoms with Gasteiger partial charge in [-0.3, -0.25) is 0 Å². The van der Waals surface area contributed by atoms with Gasteiger partial charge in [0, 0.05) is 129 Å². The first kappa shape index (κ1) is 24.0. The summed E-state index contributed by atoms with van der Waals surface area (Å²) in [5.41, 5.74) is 0. The van der Waals surface area contributed by atoms with Gasteiger partial charge in [-0.15, -0.1) is 0 Å². The molecular formula is BaWYZr. The Bertz CT molecular complexity index is 8.00. The largest absolute Gasteiger partial charge is 0 e. The van der Waals surface area contributed by atoms with Crippen molar-refractivity contribution >= 4 is 48.9 Å². The van der Waals surface area contributed by atoms with E-state index in [1.165, 1.54) is 0 Å². The summed E-state index contributed by atoms with van der Waals surface area (Å²) in [6, 6.07) is 0. The number of hydrogen-bond acceptors (Lipinski definition) is 0. The summed E-state index contributed by atoms with van der Waals surface area (Å²) in [6.45, 7) is 0. The summed E-state index contributed by atoms with van der Waals surface area (Å²) in [4.78, 5) is 0. The van der Waals surface area contributed by atoms with Crippen LogP contribution in [-0.2, 0) is 80.0 Å². The fourth-order valence-corrected chi connectivity index (χ4v) is 0. The molecule has 0 saturated heterocycles. The van der Waals surface area contributed by atoms with Crippen molar-refractivity contribution in [3.63, 3.8) is 0 Å². The fourth-order valence-electron chi connectivity index (χ4n) is 0. The first-order chi connectivity index (χ1) is 0. The molecule has 0 rings (SSSR count). The molecule has 0 atom stereocenters. The molecule has 0 aromatic heterocycles. The fraction of sp³-hybridized carbons (Fsp3) is 0. The first-order valence-corrected chi connectivity index (χ1v) is 0. The van der Waals surface area contributed by atoms with Crippen molar-refractivity contribution in [2.24, 2.45) is 0 Å². The van der Waals surface area contributed by atoms with Crippen molar-refractivity contribution in [3.05, 3.63) is 0 Å². The average Bonchev–Trinajstić information content (AvgIpc) is 0. The molecule has 0 aliphatic carbocycles. The maximum absolute atomic E-state index is 0. The Morgan fingerprint density at radius 2 is 1.00 bits per heavy atom. The van der Waals surface area contributed by atoms with Gasteiger partial charge in [0.1, 0.15) is 0 Å². The monoisotopic (exact) mass is 501 g/mol. The van der Waals surface area contributed by atoms with Crippen molar-refractivity contribution in [3.8, 4) is 0 Å². The Labute approximate surface area is 125 Å². The second kappa shape index (κ2) is 15.7. The molecule has 0 unspecified atom stereocenters. The van der Waals surface area contributed by atoms with E-state index in [1.807, 2.05) is 0 Å². The van der Waals surface area contributed by atoms with Gasteiger partial charge in [-0.1, -0.05) is 0 Å². The number of hydrogen-bond donors (Lipinski definition) is 0. The predicted octanol–water partition coefficient (Wildman–Crippen LogP) is -0.388. The van der Waals surface area contributed by atoms with Crippen molar-refractivity contribution < 1.29 is 80.0 Å². The Kier molecular flexibility index (Phi) is 94.1. The zero-order valence-electron chi connectivity index (χ0n) is 2.19. The minimum atomic E-state index is 0. The number of rotatable bonds is 0. The van der Waals surface area contributed by atoms with Crippen LogP contribution in [0.2, 0.25) is 0 Å².